The molecule has 1 heterocycles. The number of rotatable bonds is 7. The first-order valence-corrected chi connectivity index (χ1v) is 10.3. The summed E-state index contributed by atoms with van der Waals surface area (Å²) in [5.74, 6) is 1.72. The summed E-state index contributed by atoms with van der Waals surface area (Å²) in [7, 11) is 2.19. The van der Waals surface area contributed by atoms with E-state index in [1.165, 1.54) is 5.56 Å². The highest BCUT2D eigenvalue weighted by Crippen LogP contribution is 2.49. The monoisotopic (exact) mass is 361 g/mol. The topological polar surface area (TPSA) is 41.9 Å². The van der Waals surface area contributed by atoms with E-state index in [1.807, 2.05) is 13.8 Å². The van der Waals surface area contributed by atoms with Crippen LogP contribution in [0.25, 0.3) is 0 Å². The summed E-state index contributed by atoms with van der Waals surface area (Å²) in [5, 5.41) is 10.2. The SMILES string of the molecule is CCCCOc1cc([C@@]23CC[C@@H](O)C[C@@H]2N(C)CC3)ccc1OC(C)C. The molecule has 0 radical (unpaired) electrons. The highest BCUT2D eigenvalue weighted by atomic mass is 16.5. The van der Waals surface area contributed by atoms with Crippen molar-refractivity contribution in [1.29, 1.82) is 0 Å². The Morgan fingerprint density at radius 3 is 2.81 bits per heavy atom. The average molecular weight is 362 g/mol. The van der Waals surface area contributed by atoms with E-state index in [4.69, 9.17) is 9.47 Å². The minimum atomic E-state index is -0.169. The summed E-state index contributed by atoms with van der Waals surface area (Å²) in [6.45, 7) is 8.09. The van der Waals surface area contributed by atoms with Crippen LogP contribution in [0.1, 0.15) is 64.9 Å². The van der Waals surface area contributed by atoms with E-state index in [1.54, 1.807) is 0 Å². The van der Waals surface area contributed by atoms with Crippen LogP contribution in [0.15, 0.2) is 18.2 Å². The van der Waals surface area contributed by atoms with Crippen LogP contribution in [0.4, 0.5) is 0 Å². The van der Waals surface area contributed by atoms with E-state index < -0.39 is 0 Å². The molecular formula is C22H35NO3. The van der Waals surface area contributed by atoms with Gasteiger partial charge in [-0.3, -0.25) is 0 Å². The number of unbranched alkanes of at least 4 members (excludes halogenated alkanes) is 1. The van der Waals surface area contributed by atoms with Gasteiger partial charge in [-0.05, 0) is 77.2 Å². The van der Waals surface area contributed by atoms with E-state index in [2.05, 4.69) is 37.1 Å². The fraction of sp³-hybridized carbons (Fsp3) is 0.727. The fourth-order valence-corrected chi connectivity index (χ4v) is 4.71. The number of ether oxygens (including phenoxy) is 2. The smallest absolute Gasteiger partial charge is 0.161 e. The number of fused-ring (bicyclic) bond motifs is 1. The number of benzene rings is 1. The second kappa shape index (κ2) is 8.18. The van der Waals surface area contributed by atoms with Gasteiger partial charge in [0.1, 0.15) is 0 Å². The Labute approximate surface area is 158 Å². The summed E-state index contributed by atoms with van der Waals surface area (Å²) < 4.78 is 12.1. The van der Waals surface area contributed by atoms with Crippen LogP contribution >= 0.6 is 0 Å². The van der Waals surface area contributed by atoms with Crippen LogP contribution in [0.3, 0.4) is 0 Å². The molecule has 1 saturated heterocycles. The van der Waals surface area contributed by atoms with Crippen molar-refractivity contribution in [2.75, 3.05) is 20.2 Å². The second-order valence-corrected chi connectivity index (χ2v) is 8.36. The number of likely N-dealkylation sites (tertiary alicyclic amines) is 1. The molecule has 3 atom stereocenters. The lowest BCUT2D eigenvalue weighted by molar-refractivity contribution is 0.0566. The summed E-state index contributed by atoms with van der Waals surface area (Å²) >= 11 is 0. The zero-order chi connectivity index (χ0) is 18.7. The molecule has 0 spiro atoms. The van der Waals surface area contributed by atoms with Gasteiger partial charge < -0.3 is 19.5 Å². The van der Waals surface area contributed by atoms with Crippen molar-refractivity contribution in [3.8, 4) is 11.5 Å². The quantitative estimate of drug-likeness (QED) is 0.741. The number of hydrogen-bond donors (Lipinski definition) is 1. The number of hydrogen-bond acceptors (Lipinski definition) is 4. The number of aliphatic hydroxyl groups excluding tert-OH is 1. The molecule has 4 heteroatoms. The van der Waals surface area contributed by atoms with Crippen molar-refractivity contribution in [3.05, 3.63) is 23.8 Å². The van der Waals surface area contributed by atoms with E-state index in [0.717, 1.165) is 63.2 Å². The molecule has 3 rings (SSSR count). The molecule has 2 fully saturated rings. The molecule has 146 valence electrons. The van der Waals surface area contributed by atoms with Gasteiger partial charge in [0.05, 0.1) is 18.8 Å². The first-order chi connectivity index (χ1) is 12.5. The third-order valence-corrected chi connectivity index (χ3v) is 6.14. The normalized spacial score (nSPS) is 29.0. The molecule has 2 aliphatic rings. The van der Waals surface area contributed by atoms with Gasteiger partial charge in [0.25, 0.3) is 0 Å². The van der Waals surface area contributed by atoms with Crippen molar-refractivity contribution in [2.45, 2.75) is 83.0 Å². The molecule has 4 nitrogen and oxygen atoms in total. The summed E-state index contributed by atoms with van der Waals surface area (Å²) in [6.07, 6.45) is 6.08. The Bertz CT molecular complexity index is 603. The number of likely N-dealkylation sites (N-methyl/N-ethyl adjacent to an activating group) is 1. The summed E-state index contributed by atoms with van der Waals surface area (Å²) in [6, 6.07) is 6.95. The van der Waals surface area contributed by atoms with Gasteiger partial charge in [0.2, 0.25) is 0 Å². The maximum atomic E-state index is 10.2. The lowest BCUT2D eigenvalue weighted by atomic mass is 9.65. The Balaban J connectivity index is 1.92. The minimum absolute atomic E-state index is 0.128. The third-order valence-electron chi connectivity index (χ3n) is 6.14. The predicted octanol–water partition coefficient (Wildman–Crippen LogP) is 4.14. The van der Waals surface area contributed by atoms with Crippen molar-refractivity contribution in [3.63, 3.8) is 0 Å². The molecule has 1 saturated carbocycles. The number of aliphatic hydroxyl groups is 1. The van der Waals surface area contributed by atoms with Crippen molar-refractivity contribution < 1.29 is 14.6 Å². The molecule has 1 aliphatic heterocycles. The molecule has 0 aromatic heterocycles. The van der Waals surface area contributed by atoms with Gasteiger partial charge in [-0.15, -0.1) is 0 Å². The van der Waals surface area contributed by atoms with Gasteiger partial charge in [-0.1, -0.05) is 19.4 Å². The summed E-state index contributed by atoms with van der Waals surface area (Å²) in [5.41, 5.74) is 1.48. The molecule has 1 N–H and O–H groups in total. The maximum absolute atomic E-state index is 10.2. The third kappa shape index (κ3) is 3.86. The molecule has 0 unspecified atom stereocenters. The average Bonchev–Trinajstić information content (AvgIpc) is 2.94. The van der Waals surface area contributed by atoms with E-state index in [9.17, 15) is 5.11 Å². The predicted molar refractivity (Wildman–Crippen MR) is 105 cm³/mol. The maximum Gasteiger partial charge on any atom is 0.161 e. The molecule has 1 aromatic rings. The van der Waals surface area contributed by atoms with E-state index >= 15 is 0 Å². The van der Waals surface area contributed by atoms with Crippen LogP contribution in [0, 0.1) is 0 Å². The minimum Gasteiger partial charge on any atom is -0.490 e. The van der Waals surface area contributed by atoms with Gasteiger partial charge in [0, 0.05) is 11.5 Å². The van der Waals surface area contributed by atoms with Crippen molar-refractivity contribution in [1.82, 2.24) is 4.90 Å². The summed E-state index contributed by atoms with van der Waals surface area (Å²) in [4.78, 5) is 2.43. The molecule has 0 amide bonds. The van der Waals surface area contributed by atoms with Gasteiger partial charge >= 0.3 is 0 Å². The van der Waals surface area contributed by atoms with Crippen LogP contribution < -0.4 is 9.47 Å². The second-order valence-electron chi connectivity index (χ2n) is 8.36. The Kier molecular flexibility index (Phi) is 6.13. The largest absolute Gasteiger partial charge is 0.490 e. The molecule has 1 aliphatic carbocycles. The highest BCUT2D eigenvalue weighted by Gasteiger charge is 2.50. The first-order valence-electron chi connectivity index (χ1n) is 10.3. The molecular weight excluding hydrogens is 326 g/mol. The molecule has 0 bridgehead atoms. The van der Waals surface area contributed by atoms with Crippen LogP contribution in [0.5, 0.6) is 11.5 Å². The zero-order valence-electron chi connectivity index (χ0n) is 16.8. The van der Waals surface area contributed by atoms with Gasteiger partial charge in [0.15, 0.2) is 11.5 Å². The first kappa shape index (κ1) is 19.5. The number of nitrogens with zero attached hydrogens (tertiary/aromatic N) is 1. The van der Waals surface area contributed by atoms with Gasteiger partial charge in [-0.25, -0.2) is 0 Å². The molecule has 1 aromatic carbocycles. The van der Waals surface area contributed by atoms with Gasteiger partial charge in [-0.2, -0.15) is 0 Å². The molecule has 26 heavy (non-hydrogen) atoms. The zero-order valence-corrected chi connectivity index (χ0v) is 16.8. The van der Waals surface area contributed by atoms with E-state index in [-0.39, 0.29) is 17.6 Å². The lowest BCUT2D eigenvalue weighted by Crippen LogP contribution is -2.47. The Morgan fingerprint density at radius 2 is 2.08 bits per heavy atom. The van der Waals surface area contributed by atoms with Crippen LogP contribution in [0.2, 0.25) is 0 Å². The highest BCUT2D eigenvalue weighted by molar-refractivity contribution is 5.47. The van der Waals surface area contributed by atoms with Crippen LogP contribution in [-0.4, -0.2) is 48.5 Å². The van der Waals surface area contributed by atoms with Crippen molar-refractivity contribution >= 4 is 0 Å². The lowest BCUT2D eigenvalue weighted by Gasteiger charge is -2.43. The Hall–Kier alpha value is -1.26. The Morgan fingerprint density at radius 1 is 1.27 bits per heavy atom. The van der Waals surface area contributed by atoms with E-state index in [0.29, 0.717) is 6.04 Å². The standard InChI is InChI=1S/C22H35NO3/c1-5-6-13-25-20-14-17(7-8-19(20)26-16(2)3)22-10-9-18(24)15-21(22)23(4)12-11-22/h7-8,14,16,18,21,24H,5-6,9-13,15H2,1-4H3/t18-,21+,22+/m1/s1. The van der Waals surface area contributed by atoms with Crippen molar-refractivity contribution in [2.24, 2.45) is 0 Å². The van der Waals surface area contributed by atoms with Crippen LogP contribution in [-0.2, 0) is 5.41 Å². The fourth-order valence-electron chi connectivity index (χ4n) is 4.71.